The number of aromatic nitrogens is 4. The molecule has 0 saturated heterocycles. The van der Waals surface area contributed by atoms with Gasteiger partial charge in [0.15, 0.2) is 11.1 Å². The van der Waals surface area contributed by atoms with Crippen LogP contribution in [0.5, 0.6) is 0 Å². The van der Waals surface area contributed by atoms with E-state index < -0.39 is 6.10 Å². The Labute approximate surface area is 96.3 Å². The average Bonchev–Trinajstić information content (AvgIpc) is 2.80. The van der Waals surface area contributed by atoms with E-state index in [1.54, 1.807) is 4.57 Å². The maximum absolute atomic E-state index is 9.85. The van der Waals surface area contributed by atoms with Crippen molar-refractivity contribution in [3.05, 3.63) is 18.1 Å². The number of aliphatic hydroxyl groups excluding tert-OH is 2. The van der Waals surface area contributed by atoms with Gasteiger partial charge in [-0.1, -0.05) is 0 Å². The van der Waals surface area contributed by atoms with Gasteiger partial charge >= 0.3 is 0 Å². The first-order valence-electron chi connectivity index (χ1n) is 5.46. The first-order valence-corrected chi connectivity index (χ1v) is 5.46. The molecular formula is C10H13N5O2. The SMILES string of the molecule is N=c1c2[nH]cnc2ncn1[C@H]1C[C@H](CO)[C@H]1O. The normalized spacial score (nSPS) is 28.2. The van der Waals surface area contributed by atoms with Crippen LogP contribution in [0.1, 0.15) is 12.5 Å². The number of hydrogen-bond donors (Lipinski definition) is 4. The van der Waals surface area contributed by atoms with Crippen LogP contribution in [0.4, 0.5) is 0 Å². The molecule has 1 aliphatic carbocycles. The van der Waals surface area contributed by atoms with E-state index in [1.807, 2.05) is 0 Å². The summed E-state index contributed by atoms with van der Waals surface area (Å²) in [7, 11) is 0. The summed E-state index contributed by atoms with van der Waals surface area (Å²) in [5.74, 6) is -0.0932. The van der Waals surface area contributed by atoms with Crippen LogP contribution in [0.3, 0.4) is 0 Å². The maximum Gasteiger partial charge on any atom is 0.182 e. The molecule has 3 rings (SSSR count). The molecule has 2 aromatic rings. The highest BCUT2D eigenvalue weighted by Crippen LogP contribution is 2.36. The van der Waals surface area contributed by atoms with E-state index in [0.717, 1.165) is 0 Å². The highest BCUT2D eigenvalue weighted by molar-refractivity contribution is 5.67. The summed E-state index contributed by atoms with van der Waals surface area (Å²) < 4.78 is 1.62. The molecule has 0 aliphatic heterocycles. The largest absolute Gasteiger partial charge is 0.396 e. The molecule has 7 nitrogen and oxygen atoms in total. The minimum absolute atomic E-state index is 0.0225. The molecule has 0 radical (unpaired) electrons. The zero-order valence-corrected chi connectivity index (χ0v) is 9.04. The molecule has 90 valence electrons. The number of aliphatic hydroxyl groups is 2. The van der Waals surface area contributed by atoms with Crippen molar-refractivity contribution in [2.24, 2.45) is 5.92 Å². The van der Waals surface area contributed by atoms with Crippen molar-refractivity contribution in [2.75, 3.05) is 6.61 Å². The maximum atomic E-state index is 9.85. The number of aromatic amines is 1. The van der Waals surface area contributed by atoms with E-state index in [0.29, 0.717) is 17.6 Å². The molecule has 17 heavy (non-hydrogen) atoms. The Morgan fingerprint density at radius 3 is 3.06 bits per heavy atom. The van der Waals surface area contributed by atoms with Crippen LogP contribution in [0.2, 0.25) is 0 Å². The van der Waals surface area contributed by atoms with Gasteiger partial charge in [-0.15, -0.1) is 0 Å². The monoisotopic (exact) mass is 235 g/mol. The molecule has 1 fully saturated rings. The summed E-state index contributed by atoms with van der Waals surface area (Å²) in [6.45, 7) is -0.0225. The highest BCUT2D eigenvalue weighted by Gasteiger charge is 2.40. The van der Waals surface area contributed by atoms with Crippen molar-refractivity contribution in [3.8, 4) is 0 Å². The number of H-pyrrole nitrogens is 1. The average molecular weight is 235 g/mol. The quantitative estimate of drug-likeness (QED) is 0.543. The summed E-state index contributed by atoms with van der Waals surface area (Å²) in [5, 5.41) is 26.8. The lowest BCUT2D eigenvalue weighted by molar-refractivity contribution is -0.0580. The number of nitrogens with one attached hydrogen (secondary N) is 2. The Hall–Kier alpha value is -1.73. The molecule has 0 aromatic carbocycles. The second-order valence-electron chi connectivity index (χ2n) is 4.34. The van der Waals surface area contributed by atoms with E-state index in [1.165, 1.54) is 12.7 Å². The van der Waals surface area contributed by atoms with Crippen molar-refractivity contribution in [3.63, 3.8) is 0 Å². The second kappa shape index (κ2) is 3.64. The van der Waals surface area contributed by atoms with Crippen LogP contribution in [0.15, 0.2) is 12.7 Å². The van der Waals surface area contributed by atoms with Crippen molar-refractivity contribution in [2.45, 2.75) is 18.6 Å². The summed E-state index contributed by atoms with van der Waals surface area (Å²) in [4.78, 5) is 10.9. The van der Waals surface area contributed by atoms with Gasteiger partial charge < -0.3 is 19.8 Å². The van der Waals surface area contributed by atoms with Gasteiger partial charge in [-0.05, 0) is 6.42 Å². The van der Waals surface area contributed by atoms with Gasteiger partial charge in [0.05, 0.1) is 24.8 Å². The number of rotatable bonds is 2. The van der Waals surface area contributed by atoms with E-state index in [4.69, 9.17) is 10.5 Å². The molecule has 0 unspecified atom stereocenters. The summed E-state index contributed by atoms with van der Waals surface area (Å²) >= 11 is 0. The predicted molar refractivity (Wildman–Crippen MR) is 58.0 cm³/mol. The molecule has 1 aliphatic rings. The van der Waals surface area contributed by atoms with Crippen LogP contribution in [0.25, 0.3) is 11.2 Å². The smallest absolute Gasteiger partial charge is 0.182 e. The minimum Gasteiger partial charge on any atom is -0.396 e. The van der Waals surface area contributed by atoms with Crippen LogP contribution in [-0.2, 0) is 0 Å². The molecule has 2 aromatic heterocycles. The van der Waals surface area contributed by atoms with Crippen LogP contribution in [-0.4, -0.2) is 42.4 Å². The van der Waals surface area contributed by atoms with Crippen molar-refractivity contribution < 1.29 is 10.2 Å². The standard InChI is InChI=1S/C10H13N5O2/c11-9-7-10(13-3-12-7)14-4-15(9)6-1-5(2-16)8(6)17/h3-6,8,11,16-17H,1-2H2,(H,12,13)/t5-,6+,8-/m1/s1. The van der Waals surface area contributed by atoms with E-state index in [9.17, 15) is 5.11 Å². The number of hydrogen-bond acceptors (Lipinski definition) is 5. The second-order valence-corrected chi connectivity index (χ2v) is 4.34. The van der Waals surface area contributed by atoms with Gasteiger partial charge in [-0.3, -0.25) is 5.41 Å². The van der Waals surface area contributed by atoms with Crippen LogP contribution >= 0.6 is 0 Å². The third-order valence-corrected chi connectivity index (χ3v) is 3.43. The van der Waals surface area contributed by atoms with Crippen molar-refractivity contribution >= 4 is 11.2 Å². The topological polar surface area (TPSA) is 111 Å². The lowest BCUT2D eigenvalue weighted by Crippen LogP contribution is -2.48. The fourth-order valence-corrected chi connectivity index (χ4v) is 2.28. The molecule has 0 bridgehead atoms. The fraction of sp³-hybridized carbons (Fsp3) is 0.500. The number of imidazole rings is 1. The summed E-state index contributed by atoms with van der Waals surface area (Å²) in [6.07, 6.45) is 3.06. The molecule has 2 heterocycles. The first kappa shape index (κ1) is 10.4. The molecule has 3 atom stereocenters. The van der Waals surface area contributed by atoms with Crippen LogP contribution in [0, 0.1) is 11.3 Å². The van der Waals surface area contributed by atoms with E-state index >= 15 is 0 Å². The Kier molecular flexibility index (Phi) is 2.23. The third-order valence-electron chi connectivity index (χ3n) is 3.43. The van der Waals surface area contributed by atoms with Crippen molar-refractivity contribution in [1.29, 1.82) is 5.41 Å². The highest BCUT2D eigenvalue weighted by atomic mass is 16.3. The number of nitrogens with zero attached hydrogens (tertiary/aromatic N) is 3. The van der Waals surface area contributed by atoms with Gasteiger partial charge in [-0.25, -0.2) is 9.97 Å². The van der Waals surface area contributed by atoms with Gasteiger partial charge in [-0.2, -0.15) is 0 Å². The zero-order valence-electron chi connectivity index (χ0n) is 9.04. The third kappa shape index (κ3) is 1.39. The summed E-state index contributed by atoms with van der Waals surface area (Å²) in [5.41, 5.74) is 1.32. The number of fused-ring (bicyclic) bond motifs is 1. The predicted octanol–water partition coefficient (Wildman–Crippen LogP) is -0.847. The first-order chi connectivity index (χ1) is 8.22. The molecule has 0 spiro atoms. The van der Waals surface area contributed by atoms with Gasteiger partial charge in [0, 0.05) is 12.5 Å². The van der Waals surface area contributed by atoms with Crippen LogP contribution < -0.4 is 5.49 Å². The molecule has 7 heteroatoms. The van der Waals surface area contributed by atoms with Crippen molar-refractivity contribution in [1.82, 2.24) is 19.5 Å². The Morgan fingerprint density at radius 2 is 2.35 bits per heavy atom. The Balaban J connectivity index is 2.02. The Morgan fingerprint density at radius 1 is 1.53 bits per heavy atom. The molecule has 1 saturated carbocycles. The van der Waals surface area contributed by atoms with Gasteiger partial charge in [0.25, 0.3) is 0 Å². The van der Waals surface area contributed by atoms with E-state index in [-0.39, 0.29) is 24.1 Å². The van der Waals surface area contributed by atoms with Gasteiger partial charge in [0.1, 0.15) is 5.52 Å². The molecule has 0 amide bonds. The summed E-state index contributed by atoms with van der Waals surface area (Å²) in [6, 6.07) is -0.181. The lowest BCUT2D eigenvalue weighted by Gasteiger charge is -2.41. The molecular weight excluding hydrogens is 222 g/mol. The fourth-order valence-electron chi connectivity index (χ4n) is 2.28. The zero-order chi connectivity index (χ0) is 12.0. The minimum atomic E-state index is -0.615. The lowest BCUT2D eigenvalue weighted by atomic mass is 9.77. The molecule has 4 N–H and O–H groups in total. The van der Waals surface area contributed by atoms with E-state index in [2.05, 4.69) is 15.0 Å². The van der Waals surface area contributed by atoms with Gasteiger partial charge in [0.2, 0.25) is 0 Å². The Bertz CT molecular complexity index is 604.